The molecule has 2 saturated heterocycles. The van der Waals surface area contributed by atoms with Crippen molar-refractivity contribution in [3.05, 3.63) is 35.9 Å². The van der Waals surface area contributed by atoms with Gasteiger partial charge in [-0.1, -0.05) is 30.3 Å². The van der Waals surface area contributed by atoms with Gasteiger partial charge < -0.3 is 19.9 Å². The molecule has 0 aromatic heterocycles. The molecule has 3 rings (SSSR count). The minimum absolute atomic E-state index is 0.0171. The quantitative estimate of drug-likeness (QED) is 0.860. The summed E-state index contributed by atoms with van der Waals surface area (Å²) in [5, 5.41) is 11.9. The molecule has 2 heterocycles. The molecule has 2 fully saturated rings. The Morgan fingerprint density at radius 1 is 1.12 bits per heavy atom. The normalized spacial score (nSPS) is 30.0. The largest absolute Gasteiger partial charge is 0.479 e. The molecular weight excluding hydrogens is 310 g/mol. The number of rotatable bonds is 5. The van der Waals surface area contributed by atoms with Crippen molar-refractivity contribution in [2.45, 2.75) is 44.0 Å². The number of nitrogens with one attached hydrogen (secondary N) is 1. The molecule has 6 nitrogen and oxygen atoms in total. The highest BCUT2D eigenvalue weighted by molar-refractivity contribution is 5.82. The Morgan fingerprint density at radius 2 is 1.88 bits per heavy atom. The van der Waals surface area contributed by atoms with Gasteiger partial charge in [-0.3, -0.25) is 4.79 Å². The number of aliphatic carboxylic acids is 1. The second-order valence-electron chi connectivity index (χ2n) is 6.38. The van der Waals surface area contributed by atoms with Crippen LogP contribution in [-0.4, -0.2) is 42.3 Å². The van der Waals surface area contributed by atoms with Crippen LogP contribution in [0.1, 0.15) is 37.4 Å². The third-order valence-electron chi connectivity index (χ3n) is 4.70. The van der Waals surface area contributed by atoms with Gasteiger partial charge in [0.1, 0.15) is 6.10 Å². The maximum absolute atomic E-state index is 12.2. The van der Waals surface area contributed by atoms with E-state index in [1.807, 2.05) is 30.3 Å². The van der Waals surface area contributed by atoms with Crippen LogP contribution in [0.3, 0.4) is 0 Å². The Morgan fingerprint density at radius 3 is 2.58 bits per heavy atom. The van der Waals surface area contributed by atoms with Crippen molar-refractivity contribution in [3.63, 3.8) is 0 Å². The molecule has 0 radical (unpaired) electrons. The van der Waals surface area contributed by atoms with Gasteiger partial charge in [-0.15, -0.1) is 0 Å². The van der Waals surface area contributed by atoms with Gasteiger partial charge in [-0.2, -0.15) is 0 Å². The smallest absolute Gasteiger partial charge is 0.332 e. The molecular formula is C18H23NO5. The number of benzene rings is 1. The zero-order valence-electron chi connectivity index (χ0n) is 13.5. The molecule has 0 saturated carbocycles. The highest BCUT2D eigenvalue weighted by atomic mass is 16.5. The summed E-state index contributed by atoms with van der Waals surface area (Å²) < 4.78 is 11.2. The molecule has 2 unspecified atom stereocenters. The zero-order valence-corrected chi connectivity index (χ0v) is 13.5. The van der Waals surface area contributed by atoms with Crippen LogP contribution in [0.25, 0.3) is 0 Å². The molecule has 6 heteroatoms. The number of carbonyl (C=O) groups excluding carboxylic acids is 1. The second kappa shape index (κ2) is 7.77. The predicted molar refractivity (Wildman–Crippen MR) is 86.4 cm³/mol. The topological polar surface area (TPSA) is 84.9 Å². The zero-order chi connectivity index (χ0) is 16.9. The summed E-state index contributed by atoms with van der Waals surface area (Å²) in [6, 6.07) is 10.0. The Balaban J connectivity index is 1.54. The van der Waals surface area contributed by atoms with Crippen LogP contribution < -0.4 is 5.32 Å². The molecule has 2 aliphatic rings. The molecule has 0 spiro atoms. The molecule has 0 aliphatic carbocycles. The Hall–Kier alpha value is -1.92. The number of ether oxygens (including phenoxy) is 2. The Labute approximate surface area is 141 Å². The van der Waals surface area contributed by atoms with Crippen molar-refractivity contribution in [3.8, 4) is 0 Å². The lowest BCUT2D eigenvalue weighted by atomic mass is 9.89. The average molecular weight is 333 g/mol. The molecule has 1 aromatic carbocycles. The van der Waals surface area contributed by atoms with E-state index >= 15 is 0 Å². The van der Waals surface area contributed by atoms with Crippen LogP contribution in [0, 0.1) is 5.92 Å². The monoisotopic (exact) mass is 333 g/mol. The highest BCUT2D eigenvalue weighted by Crippen LogP contribution is 2.33. The van der Waals surface area contributed by atoms with Gasteiger partial charge in [-0.25, -0.2) is 4.79 Å². The number of hydrogen-bond donors (Lipinski definition) is 2. The molecule has 24 heavy (non-hydrogen) atoms. The standard InChI is InChI=1S/C18H23NO5/c20-17(14-8-9-15(24-14)18(21)22)19-11-13-7-4-10-23-16(13)12-5-2-1-3-6-12/h1-3,5-6,13-16H,4,7-11H2,(H,19,20)(H,21,22)/t13?,14-,15+,16?/m0/s1. The summed E-state index contributed by atoms with van der Waals surface area (Å²) >= 11 is 0. The van der Waals surface area contributed by atoms with Gasteiger partial charge in [-0.05, 0) is 31.2 Å². The maximum Gasteiger partial charge on any atom is 0.332 e. The first-order valence-corrected chi connectivity index (χ1v) is 8.47. The molecule has 1 aromatic rings. The summed E-state index contributed by atoms with van der Waals surface area (Å²) in [5.41, 5.74) is 1.12. The van der Waals surface area contributed by atoms with Crippen LogP contribution in [0.15, 0.2) is 30.3 Å². The minimum Gasteiger partial charge on any atom is -0.479 e. The van der Waals surface area contributed by atoms with Crippen LogP contribution in [0.5, 0.6) is 0 Å². The van der Waals surface area contributed by atoms with E-state index < -0.39 is 18.2 Å². The molecule has 130 valence electrons. The number of hydrogen-bond acceptors (Lipinski definition) is 4. The van der Waals surface area contributed by atoms with Gasteiger partial charge in [0, 0.05) is 19.1 Å². The van der Waals surface area contributed by atoms with E-state index in [1.165, 1.54) is 0 Å². The number of carbonyl (C=O) groups is 2. The van der Waals surface area contributed by atoms with Gasteiger partial charge in [0.15, 0.2) is 6.10 Å². The summed E-state index contributed by atoms with van der Waals surface area (Å²) in [7, 11) is 0. The van der Waals surface area contributed by atoms with E-state index in [-0.39, 0.29) is 17.9 Å². The van der Waals surface area contributed by atoms with Crippen molar-refractivity contribution in [1.29, 1.82) is 0 Å². The van der Waals surface area contributed by atoms with Crippen LogP contribution >= 0.6 is 0 Å². The first-order chi connectivity index (χ1) is 11.6. The number of carboxylic acids is 1. The average Bonchev–Trinajstić information content (AvgIpc) is 3.11. The SMILES string of the molecule is O=C(NCC1CCCOC1c1ccccc1)[C@@H]1CC[C@H](C(=O)O)O1. The van der Waals surface area contributed by atoms with Gasteiger partial charge in [0.05, 0.1) is 6.10 Å². The van der Waals surface area contributed by atoms with Crippen molar-refractivity contribution in [2.24, 2.45) is 5.92 Å². The lowest BCUT2D eigenvalue weighted by Crippen LogP contribution is -2.40. The van der Waals surface area contributed by atoms with Crippen molar-refractivity contribution in [1.82, 2.24) is 5.32 Å². The lowest BCUT2D eigenvalue weighted by Gasteiger charge is -2.32. The van der Waals surface area contributed by atoms with E-state index in [4.69, 9.17) is 14.6 Å². The van der Waals surface area contributed by atoms with E-state index in [0.717, 1.165) is 25.0 Å². The van der Waals surface area contributed by atoms with Gasteiger partial charge >= 0.3 is 5.97 Å². The first-order valence-electron chi connectivity index (χ1n) is 8.47. The molecule has 2 aliphatic heterocycles. The molecule has 4 atom stereocenters. The minimum atomic E-state index is -1.00. The number of carboxylic acid groups (broad SMARTS) is 1. The Kier molecular flexibility index (Phi) is 5.48. The summed E-state index contributed by atoms with van der Waals surface area (Å²) in [5.74, 6) is -1.02. The highest BCUT2D eigenvalue weighted by Gasteiger charge is 2.35. The maximum atomic E-state index is 12.2. The summed E-state index contributed by atoms with van der Waals surface area (Å²) in [6.45, 7) is 1.24. The number of amides is 1. The Bertz CT molecular complexity index is 576. The fraction of sp³-hybridized carbons (Fsp3) is 0.556. The van der Waals surface area contributed by atoms with Gasteiger partial charge in [0.2, 0.25) is 5.91 Å². The van der Waals surface area contributed by atoms with Crippen LogP contribution in [0.4, 0.5) is 0 Å². The van der Waals surface area contributed by atoms with E-state index in [0.29, 0.717) is 19.4 Å². The summed E-state index contributed by atoms with van der Waals surface area (Å²) in [6.07, 6.45) is 1.25. The molecule has 2 N–H and O–H groups in total. The molecule has 0 bridgehead atoms. The van der Waals surface area contributed by atoms with Gasteiger partial charge in [0.25, 0.3) is 0 Å². The van der Waals surface area contributed by atoms with Crippen LogP contribution in [0.2, 0.25) is 0 Å². The van der Waals surface area contributed by atoms with E-state index in [9.17, 15) is 9.59 Å². The lowest BCUT2D eigenvalue weighted by molar-refractivity contribution is -0.151. The van der Waals surface area contributed by atoms with E-state index in [2.05, 4.69) is 5.32 Å². The second-order valence-corrected chi connectivity index (χ2v) is 6.38. The fourth-order valence-corrected chi connectivity index (χ4v) is 3.42. The fourth-order valence-electron chi connectivity index (χ4n) is 3.42. The molecule has 1 amide bonds. The third-order valence-corrected chi connectivity index (χ3v) is 4.70. The van der Waals surface area contributed by atoms with E-state index in [1.54, 1.807) is 0 Å². The van der Waals surface area contributed by atoms with Crippen LogP contribution in [-0.2, 0) is 19.1 Å². The van der Waals surface area contributed by atoms with Crippen molar-refractivity contribution >= 4 is 11.9 Å². The first kappa shape index (κ1) is 16.9. The third kappa shape index (κ3) is 3.94. The summed E-state index contributed by atoms with van der Waals surface area (Å²) in [4.78, 5) is 23.1. The van der Waals surface area contributed by atoms with Crippen molar-refractivity contribution < 1.29 is 24.2 Å². The predicted octanol–water partition coefficient (Wildman–Crippen LogP) is 1.90. The van der Waals surface area contributed by atoms with Crippen molar-refractivity contribution in [2.75, 3.05) is 13.2 Å².